The zero-order chi connectivity index (χ0) is 13.3. The van der Waals surface area contributed by atoms with Crippen LogP contribution in [0.4, 0.5) is 0 Å². The summed E-state index contributed by atoms with van der Waals surface area (Å²) in [6, 6.07) is 15.1. The molecule has 3 nitrogen and oxygen atoms in total. The summed E-state index contributed by atoms with van der Waals surface area (Å²) in [5, 5.41) is 9.41. The van der Waals surface area contributed by atoms with Crippen LogP contribution in [0.5, 0.6) is 5.75 Å². The Morgan fingerprint density at radius 2 is 1.32 bits per heavy atom. The summed E-state index contributed by atoms with van der Waals surface area (Å²) in [4.78, 5) is 0. The molecule has 1 saturated heterocycles. The summed E-state index contributed by atoms with van der Waals surface area (Å²) in [7, 11) is 0. The van der Waals surface area contributed by atoms with E-state index in [1.807, 2.05) is 43.3 Å². The van der Waals surface area contributed by atoms with E-state index in [2.05, 4.69) is 0 Å². The highest BCUT2D eigenvalue weighted by Gasteiger charge is 2.40. The first-order chi connectivity index (χ1) is 9.21. The summed E-state index contributed by atoms with van der Waals surface area (Å²) in [5.41, 5.74) is 3.07. The van der Waals surface area contributed by atoms with Gasteiger partial charge in [-0.05, 0) is 31.2 Å². The zero-order valence-electron chi connectivity index (χ0n) is 10.8. The van der Waals surface area contributed by atoms with E-state index in [0.717, 1.165) is 11.1 Å². The number of benzene rings is 2. The van der Waals surface area contributed by atoms with E-state index < -0.39 is 5.79 Å². The van der Waals surface area contributed by atoms with Crippen LogP contribution < -0.4 is 0 Å². The Morgan fingerprint density at radius 1 is 0.842 bits per heavy atom. The van der Waals surface area contributed by atoms with Crippen LogP contribution in [0.1, 0.15) is 16.7 Å². The molecule has 0 radical (unpaired) electrons. The fourth-order valence-electron chi connectivity index (χ4n) is 2.37. The molecule has 3 rings (SSSR count). The first-order valence-corrected chi connectivity index (χ1v) is 6.35. The van der Waals surface area contributed by atoms with Gasteiger partial charge in [-0.15, -0.1) is 0 Å². The Balaban J connectivity index is 2.08. The number of phenolic OH excluding ortho intramolecular Hbond substituents is 1. The molecule has 0 atom stereocenters. The third-order valence-electron chi connectivity index (χ3n) is 3.37. The van der Waals surface area contributed by atoms with Crippen LogP contribution in [0, 0.1) is 6.92 Å². The number of rotatable bonds is 2. The third kappa shape index (κ3) is 2.11. The van der Waals surface area contributed by atoms with Crippen molar-refractivity contribution in [3.8, 4) is 5.75 Å². The van der Waals surface area contributed by atoms with Crippen molar-refractivity contribution in [1.82, 2.24) is 0 Å². The molecule has 1 aliphatic heterocycles. The molecule has 19 heavy (non-hydrogen) atoms. The van der Waals surface area contributed by atoms with Crippen molar-refractivity contribution in [2.24, 2.45) is 0 Å². The average molecular weight is 256 g/mol. The molecule has 1 N–H and O–H groups in total. The predicted octanol–water partition coefficient (Wildman–Crippen LogP) is 2.95. The van der Waals surface area contributed by atoms with Crippen LogP contribution in [-0.4, -0.2) is 18.3 Å². The lowest BCUT2D eigenvalue weighted by Crippen LogP contribution is -2.28. The molecule has 98 valence electrons. The van der Waals surface area contributed by atoms with Gasteiger partial charge in [0.25, 0.3) is 0 Å². The van der Waals surface area contributed by atoms with Crippen LogP contribution in [0.25, 0.3) is 0 Å². The maximum absolute atomic E-state index is 9.41. The van der Waals surface area contributed by atoms with Gasteiger partial charge >= 0.3 is 0 Å². The Morgan fingerprint density at radius 3 is 1.84 bits per heavy atom. The summed E-state index contributed by atoms with van der Waals surface area (Å²) in [6.45, 7) is 3.18. The molecule has 2 aromatic carbocycles. The van der Waals surface area contributed by atoms with Crippen molar-refractivity contribution in [2.75, 3.05) is 13.2 Å². The molecule has 3 heteroatoms. The van der Waals surface area contributed by atoms with Crippen molar-refractivity contribution in [1.29, 1.82) is 0 Å². The SMILES string of the molecule is Cc1ccc(C2(c3ccc(O)cc3)OCCO2)cc1. The smallest absolute Gasteiger partial charge is 0.222 e. The lowest BCUT2D eigenvalue weighted by molar-refractivity contribution is -0.129. The van der Waals surface area contributed by atoms with Crippen molar-refractivity contribution >= 4 is 0 Å². The van der Waals surface area contributed by atoms with Gasteiger partial charge in [-0.2, -0.15) is 0 Å². The molecule has 0 aliphatic carbocycles. The van der Waals surface area contributed by atoms with Gasteiger partial charge in [0.1, 0.15) is 5.75 Å². The molecular formula is C16H16O3. The highest BCUT2D eigenvalue weighted by molar-refractivity contribution is 5.38. The number of hydrogen-bond acceptors (Lipinski definition) is 3. The molecule has 0 bridgehead atoms. The third-order valence-corrected chi connectivity index (χ3v) is 3.37. The van der Waals surface area contributed by atoms with E-state index >= 15 is 0 Å². The molecule has 1 aliphatic rings. The Hall–Kier alpha value is -1.84. The van der Waals surface area contributed by atoms with E-state index in [-0.39, 0.29) is 5.75 Å². The minimum absolute atomic E-state index is 0.237. The van der Waals surface area contributed by atoms with E-state index in [9.17, 15) is 5.11 Å². The second-order valence-corrected chi connectivity index (χ2v) is 4.73. The molecule has 0 saturated carbocycles. The Labute approximate surface area is 112 Å². The fraction of sp³-hybridized carbons (Fsp3) is 0.250. The fourth-order valence-corrected chi connectivity index (χ4v) is 2.37. The van der Waals surface area contributed by atoms with Gasteiger partial charge in [0.15, 0.2) is 0 Å². The lowest BCUT2D eigenvalue weighted by atomic mass is 9.96. The lowest BCUT2D eigenvalue weighted by Gasteiger charge is -2.28. The summed E-state index contributed by atoms with van der Waals surface area (Å²) in [6.07, 6.45) is 0. The second-order valence-electron chi connectivity index (χ2n) is 4.73. The highest BCUT2D eigenvalue weighted by Crippen LogP contribution is 2.38. The first-order valence-electron chi connectivity index (χ1n) is 6.35. The van der Waals surface area contributed by atoms with Crippen LogP contribution in [0.2, 0.25) is 0 Å². The van der Waals surface area contributed by atoms with Gasteiger partial charge in [-0.25, -0.2) is 0 Å². The van der Waals surface area contributed by atoms with E-state index in [0.29, 0.717) is 13.2 Å². The largest absolute Gasteiger partial charge is 0.508 e. The van der Waals surface area contributed by atoms with Gasteiger partial charge in [0, 0.05) is 11.1 Å². The molecule has 2 aromatic rings. The monoisotopic (exact) mass is 256 g/mol. The molecule has 0 aromatic heterocycles. The van der Waals surface area contributed by atoms with Gasteiger partial charge in [-0.1, -0.05) is 29.8 Å². The molecule has 1 fully saturated rings. The standard InChI is InChI=1S/C16H16O3/c1-12-2-4-13(5-3-12)16(18-10-11-19-16)14-6-8-15(17)9-7-14/h2-9,17H,10-11H2,1H3. The maximum atomic E-state index is 9.41. The zero-order valence-corrected chi connectivity index (χ0v) is 10.8. The summed E-state index contributed by atoms with van der Waals surface area (Å²) in [5.74, 6) is -0.609. The normalized spacial score (nSPS) is 17.5. The van der Waals surface area contributed by atoms with Gasteiger partial charge in [0.05, 0.1) is 13.2 Å². The molecule has 0 unspecified atom stereocenters. The van der Waals surface area contributed by atoms with Gasteiger partial charge in [0.2, 0.25) is 5.79 Å². The van der Waals surface area contributed by atoms with Crippen molar-refractivity contribution in [2.45, 2.75) is 12.7 Å². The van der Waals surface area contributed by atoms with Crippen LogP contribution in [-0.2, 0) is 15.3 Å². The van der Waals surface area contributed by atoms with Crippen molar-refractivity contribution in [3.05, 3.63) is 65.2 Å². The van der Waals surface area contributed by atoms with Gasteiger partial charge in [-0.3, -0.25) is 0 Å². The molecular weight excluding hydrogens is 240 g/mol. The van der Waals surface area contributed by atoms with E-state index in [1.54, 1.807) is 12.1 Å². The number of phenols is 1. The van der Waals surface area contributed by atoms with Crippen molar-refractivity contribution < 1.29 is 14.6 Å². The summed E-state index contributed by atoms with van der Waals surface area (Å²) < 4.78 is 11.8. The highest BCUT2D eigenvalue weighted by atomic mass is 16.7. The van der Waals surface area contributed by atoms with Crippen LogP contribution in [0.15, 0.2) is 48.5 Å². The first kappa shape index (κ1) is 12.2. The minimum Gasteiger partial charge on any atom is -0.508 e. The molecule has 0 amide bonds. The summed E-state index contributed by atoms with van der Waals surface area (Å²) >= 11 is 0. The van der Waals surface area contributed by atoms with Crippen LogP contribution >= 0.6 is 0 Å². The number of aryl methyl sites for hydroxylation is 1. The Kier molecular flexibility index (Phi) is 3.01. The topological polar surface area (TPSA) is 38.7 Å². The second kappa shape index (κ2) is 4.68. The number of ether oxygens (including phenoxy) is 2. The van der Waals surface area contributed by atoms with E-state index in [1.165, 1.54) is 5.56 Å². The number of hydrogen-bond donors (Lipinski definition) is 1. The molecule has 1 heterocycles. The predicted molar refractivity (Wildman–Crippen MR) is 72.0 cm³/mol. The van der Waals surface area contributed by atoms with Gasteiger partial charge < -0.3 is 14.6 Å². The number of aromatic hydroxyl groups is 1. The van der Waals surface area contributed by atoms with E-state index in [4.69, 9.17) is 9.47 Å². The maximum Gasteiger partial charge on any atom is 0.222 e. The average Bonchev–Trinajstić information content (AvgIpc) is 2.91. The quantitative estimate of drug-likeness (QED) is 0.897. The van der Waals surface area contributed by atoms with Crippen molar-refractivity contribution in [3.63, 3.8) is 0 Å². The van der Waals surface area contributed by atoms with Crippen LogP contribution in [0.3, 0.4) is 0 Å². The Bertz CT molecular complexity index is 504. The molecule has 0 spiro atoms. The minimum atomic E-state index is -0.846.